The Morgan fingerprint density at radius 1 is 0.882 bits per heavy atom. The minimum atomic E-state index is 0.0541. The normalized spacial score (nSPS) is 26.8. The molecule has 0 unspecified atom stereocenters. The third kappa shape index (κ3) is 4.99. The molecule has 1 aliphatic rings. The van der Waals surface area contributed by atoms with Crippen LogP contribution in [0.25, 0.3) is 0 Å². The Balaban J connectivity index is 2.74. The van der Waals surface area contributed by atoms with Gasteiger partial charge in [-0.15, -0.1) is 0 Å². The van der Waals surface area contributed by atoms with Gasteiger partial charge in [0.2, 0.25) is 0 Å². The topological polar surface area (TPSA) is 26.0 Å². The van der Waals surface area contributed by atoms with Gasteiger partial charge < -0.3 is 5.73 Å². The van der Waals surface area contributed by atoms with Crippen LogP contribution in [0, 0.1) is 16.2 Å². The number of rotatable bonds is 2. The predicted octanol–water partition coefficient (Wildman–Crippen LogP) is 4.75. The van der Waals surface area contributed by atoms with Crippen LogP contribution in [0.3, 0.4) is 0 Å². The third-order valence-electron chi connectivity index (χ3n) is 3.99. The van der Waals surface area contributed by atoms with Crippen LogP contribution in [0.1, 0.15) is 80.6 Å². The highest BCUT2D eigenvalue weighted by molar-refractivity contribution is 5.00. The first-order valence-corrected chi connectivity index (χ1v) is 7.12. The van der Waals surface area contributed by atoms with E-state index in [1.165, 1.54) is 32.1 Å². The summed E-state index contributed by atoms with van der Waals surface area (Å²) in [7, 11) is 0. The molecule has 1 aliphatic carbocycles. The van der Waals surface area contributed by atoms with Crippen molar-refractivity contribution in [1.29, 1.82) is 0 Å². The summed E-state index contributed by atoms with van der Waals surface area (Å²) in [4.78, 5) is 0. The fourth-order valence-electron chi connectivity index (χ4n) is 4.19. The van der Waals surface area contributed by atoms with Crippen molar-refractivity contribution in [2.24, 2.45) is 22.0 Å². The second-order valence-electron chi connectivity index (χ2n) is 9.28. The molecule has 0 aromatic heterocycles. The van der Waals surface area contributed by atoms with Gasteiger partial charge in [0.25, 0.3) is 0 Å². The molecular formula is C16H33N. The molecule has 0 bridgehead atoms. The second-order valence-corrected chi connectivity index (χ2v) is 9.28. The Morgan fingerprint density at radius 2 is 1.29 bits per heavy atom. The summed E-state index contributed by atoms with van der Waals surface area (Å²) in [5, 5.41) is 0. The molecular weight excluding hydrogens is 206 g/mol. The predicted molar refractivity (Wildman–Crippen MR) is 77.0 cm³/mol. The van der Waals surface area contributed by atoms with Gasteiger partial charge in [-0.25, -0.2) is 0 Å². The van der Waals surface area contributed by atoms with Crippen LogP contribution in [0.5, 0.6) is 0 Å². The number of hydrogen-bond acceptors (Lipinski definition) is 1. The van der Waals surface area contributed by atoms with Gasteiger partial charge in [-0.3, -0.25) is 0 Å². The van der Waals surface area contributed by atoms with Crippen LogP contribution in [0.2, 0.25) is 0 Å². The van der Waals surface area contributed by atoms with E-state index in [1.807, 2.05) is 0 Å². The molecule has 0 saturated heterocycles. The number of nitrogens with two attached hydrogens (primary N) is 1. The van der Waals surface area contributed by atoms with E-state index < -0.39 is 0 Å². The van der Waals surface area contributed by atoms with Gasteiger partial charge in [0.15, 0.2) is 0 Å². The Hall–Kier alpha value is -0.0400. The average Bonchev–Trinajstić information content (AvgIpc) is 1.92. The third-order valence-corrected chi connectivity index (χ3v) is 3.99. The maximum atomic E-state index is 6.72. The quantitative estimate of drug-likeness (QED) is 0.739. The molecule has 17 heavy (non-hydrogen) atoms. The van der Waals surface area contributed by atoms with E-state index in [1.54, 1.807) is 0 Å². The Labute approximate surface area is 109 Å². The summed E-state index contributed by atoms with van der Waals surface area (Å²) >= 11 is 0. The van der Waals surface area contributed by atoms with Crippen LogP contribution in [0.15, 0.2) is 0 Å². The van der Waals surface area contributed by atoms with Crippen molar-refractivity contribution < 1.29 is 0 Å². The first-order chi connectivity index (χ1) is 7.33. The zero-order chi connectivity index (χ0) is 13.5. The van der Waals surface area contributed by atoms with Gasteiger partial charge in [0.05, 0.1) is 0 Å². The summed E-state index contributed by atoms with van der Waals surface area (Å²) in [6.07, 6.45) is 6.06. The minimum Gasteiger partial charge on any atom is -0.325 e. The maximum absolute atomic E-state index is 6.72. The standard InChI is InChI=1S/C16H33N/c1-13(2,3)8-9-16(17)11-14(4,5)10-15(6,7)12-16/h8-12,17H2,1-7H3. The fourth-order valence-corrected chi connectivity index (χ4v) is 4.19. The van der Waals surface area contributed by atoms with E-state index in [4.69, 9.17) is 5.73 Å². The Morgan fingerprint density at radius 3 is 1.65 bits per heavy atom. The minimum absolute atomic E-state index is 0.0541. The summed E-state index contributed by atoms with van der Waals surface area (Å²) < 4.78 is 0. The molecule has 0 aromatic rings. The van der Waals surface area contributed by atoms with Gasteiger partial charge in [-0.05, 0) is 48.3 Å². The molecule has 0 aromatic carbocycles. The van der Waals surface area contributed by atoms with Crippen molar-refractivity contribution in [3.8, 4) is 0 Å². The van der Waals surface area contributed by atoms with Crippen molar-refractivity contribution in [3.63, 3.8) is 0 Å². The Kier molecular flexibility index (Phi) is 3.76. The van der Waals surface area contributed by atoms with Crippen LogP contribution in [-0.2, 0) is 0 Å². The second kappa shape index (κ2) is 4.26. The summed E-state index contributed by atoms with van der Waals surface area (Å²) in [6.45, 7) is 16.5. The van der Waals surface area contributed by atoms with E-state index in [9.17, 15) is 0 Å². The van der Waals surface area contributed by atoms with E-state index in [2.05, 4.69) is 48.5 Å². The fraction of sp³-hybridized carbons (Fsp3) is 1.00. The molecule has 1 heteroatoms. The van der Waals surface area contributed by atoms with E-state index in [0.29, 0.717) is 16.2 Å². The van der Waals surface area contributed by atoms with Crippen molar-refractivity contribution in [1.82, 2.24) is 0 Å². The van der Waals surface area contributed by atoms with Gasteiger partial charge in [0, 0.05) is 5.54 Å². The van der Waals surface area contributed by atoms with Gasteiger partial charge in [-0.1, -0.05) is 48.5 Å². The highest BCUT2D eigenvalue weighted by atomic mass is 14.8. The molecule has 0 aliphatic heterocycles. The van der Waals surface area contributed by atoms with Crippen molar-refractivity contribution in [2.45, 2.75) is 86.1 Å². The van der Waals surface area contributed by atoms with E-state index in [0.717, 1.165) is 0 Å². The highest BCUT2D eigenvalue weighted by Gasteiger charge is 2.45. The maximum Gasteiger partial charge on any atom is 0.0164 e. The molecule has 1 nitrogen and oxygen atoms in total. The zero-order valence-corrected chi connectivity index (χ0v) is 13.1. The first kappa shape index (κ1) is 15.0. The molecule has 0 spiro atoms. The van der Waals surface area contributed by atoms with Gasteiger partial charge in [-0.2, -0.15) is 0 Å². The smallest absolute Gasteiger partial charge is 0.0164 e. The molecule has 0 amide bonds. The summed E-state index contributed by atoms with van der Waals surface area (Å²) in [6, 6.07) is 0. The van der Waals surface area contributed by atoms with Crippen molar-refractivity contribution in [3.05, 3.63) is 0 Å². The molecule has 2 N–H and O–H groups in total. The van der Waals surface area contributed by atoms with Gasteiger partial charge in [0.1, 0.15) is 0 Å². The van der Waals surface area contributed by atoms with Crippen molar-refractivity contribution in [2.75, 3.05) is 0 Å². The lowest BCUT2D eigenvalue weighted by Crippen LogP contribution is -2.52. The number of hydrogen-bond donors (Lipinski definition) is 1. The molecule has 1 rings (SSSR count). The van der Waals surface area contributed by atoms with E-state index in [-0.39, 0.29) is 5.54 Å². The van der Waals surface area contributed by atoms with Crippen molar-refractivity contribution >= 4 is 0 Å². The van der Waals surface area contributed by atoms with Crippen LogP contribution in [-0.4, -0.2) is 5.54 Å². The SMILES string of the molecule is CC(C)(C)CCC1(N)CC(C)(C)CC(C)(C)C1. The van der Waals surface area contributed by atoms with Crippen LogP contribution < -0.4 is 5.73 Å². The lowest BCUT2D eigenvalue weighted by atomic mass is 9.57. The van der Waals surface area contributed by atoms with E-state index >= 15 is 0 Å². The zero-order valence-electron chi connectivity index (χ0n) is 13.1. The largest absolute Gasteiger partial charge is 0.325 e. The van der Waals surface area contributed by atoms with Crippen LogP contribution in [0.4, 0.5) is 0 Å². The first-order valence-electron chi connectivity index (χ1n) is 7.12. The lowest BCUT2D eigenvalue weighted by molar-refractivity contribution is 0.0389. The molecule has 0 radical (unpaired) electrons. The Bertz CT molecular complexity index is 252. The molecule has 102 valence electrons. The molecule has 0 atom stereocenters. The molecule has 1 fully saturated rings. The highest BCUT2D eigenvalue weighted by Crippen LogP contribution is 2.51. The monoisotopic (exact) mass is 239 g/mol. The molecule has 0 heterocycles. The summed E-state index contributed by atoms with van der Waals surface area (Å²) in [5.74, 6) is 0. The average molecular weight is 239 g/mol. The van der Waals surface area contributed by atoms with Gasteiger partial charge >= 0.3 is 0 Å². The van der Waals surface area contributed by atoms with Crippen LogP contribution >= 0.6 is 0 Å². The lowest BCUT2D eigenvalue weighted by Gasteiger charge is -2.51. The summed E-state index contributed by atoms with van der Waals surface area (Å²) in [5.41, 5.74) is 7.97. The molecule has 1 saturated carbocycles.